The van der Waals surface area contributed by atoms with E-state index in [9.17, 15) is 13.2 Å². The molecule has 0 saturated carbocycles. The van der Waals surface area contributed by atoms with E-state index in [1.165, 1.54) is 26.3 Å². The number of carbonyl (C=O) groups is 1. The highest BCUT2D eigenvalue weighted by molar-refractivity contribution is 7.89. The maximum absolute atomic E-state index is 12.8. The van der Waals surface area contributed by atoms with E-state index in [1.807, 2.05) is 25.1 Å². The quantitative estimate of drug-likeness (QED) is 0.728. The Bertz CT molecular complexity index is 943. The summed E-state index contributed by atoms with van der Waals surface area (Å²) in [6.07, 6.45) is 0. The van der Waals surface area contributed by atoms with Crippen LogP contribution in [-0.2, 0) is 14.8 Å². The van der Waals surface area contributed by atoms with Crippen LogP contribution in [0.3, 0.4) is 0 Å². The number of methoxy groups -OCH3 is 2. The molecule has 152 valence electrons. The zero-order valence-electron chi connectivity index (χ0n) is 16.7. The molecule has 0 saturated heterocycles. The van der Waals surface area contributed by atoms with Crippen molar-refractivity contribution in [2.24, 2.45) is 0 Å². The maximum Gasteiger partial charge on any atom is 0.243 e. The predicted octanol–water partition coefficient (Wildman–Crippen LogP) is 2.51. The SMILES string of the molecule is COc1ccc(S(=O)(=O)N(C)CC(=O)N[C@@H](C)c2ccccc2OC)cc1C. The Morgan fingerprint density at radius 2 is 1.75 bits per heavy atom. The van der Waals surface area contributed by atoms with Crippen molar-refractivity contribution >= 4 is 15.9 Å². The molecule has 8 heteroatoms. The second-order valence-electron chi connectivity index (χ2n) is 6.42. The largest absolute Gasteiger partial charge is 0.496 e. The molecule has 0 bridgehead atoms. The van der Waals surface area contributed by atoms with Crippen molar-refractivity contribution in [2.75, 3.05) is 27.8 Å². The van der Waals surface area contributed by atoms with Crippen LogP contribution in [0.5, 0.6) is 11.5 Å². The first-order valence-electron chi connectivity index (χ1n) is 8.74. The van der Waals surface area contributed by atoms with Gasteiger partial charge in [0, 0.05) is 12.6 Å². The predicted molar refractivity (Wildman–Crippen MR) is 107 cm³/mol. The van der Waals surface area contributed by atoms with E-state index in [-0.39, 0.29) is 17.5 Å². The normalized spacial score (nSPS) is 12.5. The number of likely N-dealkylation sites (N-methyl/N-ethyl adjacent to an activating group) is 1. The van der Waals surface area contributed by atoms with Gasteiger partial charge in [-0.15, -0.1) is 0 Å². The number of carbonyl (C=O) groups excluding carboxylic acids is 1. The molecule has 2 rings (SSSR count). The van der Waals surface area contributed by atoms with Crippen molar-refractivity contribution in [2.45, 2.75) is 24.8 Å². The number of benzene rings is 2. The van der Waals surface area contributed by atoms with Gasteiger partial charge >= 0.3 is 0 Å². The molecule has 1 atom stereocenters. The molecule has 2 aromatic rings. The van der Waals surface area contributed by atoms with Crippen LogP contribution >= 0.6 is 0 Å². The minimum atomic E-state index is -3.80. The van der Waals surface area contributed by atoms with E-state index in [0.29, 0.717) is 17.1 Å². The zero-order chi connectivity index (χ0) is 20.9. The number of hydrogen-bond acceptors (Lipinski definition) is 5. The highest BCUT2D eigenvalue weighted by atomic mass is 32.2. The molecule has 2 aromatic carbocycles. The standard InChI is InChI=1S/C20H26N2O5S/c1-14-12-16(10-11-18(14)26-4)28(24,25)22(3)13-20(23)21-15(2)17-8-6-7-9-19(17)27-5/h6-12,15H,13H2,1-5H3,(H,21,23)/t15-/m0/s1. The number of hydrogen-bond donors (Lipinski definition) is 1. The Morgan fingerprint density at radius 1 is 1.11 bits per heavy atom. The third-order valence-electron chi connectivity index (χ3n) is 4.42. The van der Waals surface area contributed by atoms with Gasteiger partial charge in [0.05, 0.1) is 31.7 Å². The maximum atomic E-state index is 12.8. The first-order chi connectivity index (χ1) is 13.2. The topological polar surface area (TPSA) is 84.9 Å². The van der Waals surface area contributed by atoms with Gasteiger partial charge in [0.2, 0.25) is 15.9 Å². The fraction of sp³-hybridized carbons (Fsp3) is 0.350. The summed E-state index contributed by atoms with van der Waals surface area (Å²) in [6, 6.07) is 11.6. The molecule has 0 spiro atoms. The van der Waals surface area contributed by atoms with Gasteiger partial charge in [-0.1, -0.05) is 18.2 Å². The van der Waals surface area contributed by atoms with Crippen molar-refractivity contribution in [3.63, 3.8) is 0 Å². The smallest absolute Gasteiger partial charge is 0.243 e. The van der Waals surface area contributed by atoms with Crippen molar-refractivity contribution in [1.29, 1.82) is 0 Å². The number of para-hydroxylation sites is 1. The molecule has 1 N–H and O–H groups in total. The summed E-state index contributed by atoms with van der Waals surface area (Å²) in [7, 11) is 0.658. The summed E-state index contributed by atoms with van der Waals surface area (Å²) < 4.78 is 37.0. The van der Waals surface area contributed by atoms with Crippen LogP contribution in [0.4, 0.5) is 0 Å². The minimum absolute atomic E-state index is 0.110. The molecule has 0 radical (unpaired) electrons. The number of sulfonamides is 1. The zero-order valence-corrected chi connectivity index (χ0v) is 17.5. The number of rotatable bonds is 8. The van der Waals surface area contributed by atoms with Crippen molar-refractivity contribution in [3.05, 3.63) is 53.6 Å². The van der Waals surface area contributed by atoms with Gasteiger partial charge in [0.15, 0.2) is 0 Å². The summed E-state index contributed by atoms with van der Waals surface area (Å²) in [5.74, 6) is 0.852. The average molecular weight is 407 g/mol. The molecule has 7 nitrogen and oxygen atoms in total. The number of aryl methyl sites for hydroxylation is 1. The molecule has 0 aliphatic heterocycles. The van der Waals surface area contributed by atoms with Crippen molar-refractivity contribution in [3.8, 4) is 11.5 Å². The molecule has 0 fully saturated rings. The monoisotopic (exact) mass is 406 g/mol. The Labute approximate surface area is 166 Å². The number of nitrogens with one attached hydrogen (secondary N) is 1. The van der Waals surface area contributed by atoms with Gasteiger partial charge in [0.1, 0.15) is 11.5 Å². The minimum Gasteiger partial charge on any atom is -0.496 e. The van der Waals surface area contributed by atoms with Crippen LogP contribution in [0.25, 0.3) is 0 Å². The van der Waals surface area contributed by atoms with E-state index in [4.69, 9.17) is 9.47 Å². The summed E-state index contributed by atoms with van der Waals surface area (Å²) in [6.45, 7) is 3.28. The van der Waals surface area contributed by atoms with E-state index >= 15 is 0 Å². The van der Waals surface area contributed by atoms with Crippen molar-refractivity contribution < 1.29 is 22.7 Å². The Hall–Kier alpha value is -2.58. The Kier molecular flexibility index (Phi) is 7.04. The number of amides is 1. The Balaban J connectivity index is 2.09. The van der Waals surface area contributed by atoms with Crippen LogP contribution in [0, 0.1) is 6.92 Å². The highest BCUT2D eigenvalue weighted by Gasteiger charge is 2.24. The Morgan fingerprint density at radius 3 is 2.36 bits per heavy atom. The van der Waals surface area contributed by atoms with Gasteiger partial charge in [0.25, 0.3) is 0 Å². The summed E-state index contributed by atoms with van der Waals surface area (Å²) in [5, 5.41) is 2.81. The summed E-state index contributed by atoms with van der Waals surface area (Å²) in [5.41, 5.74) is 1.51. The van der Waals surface area contributed by atoms with E-state index in [2.05, 4.69) is 5.32 Å². The average Bonchev–Trinajstić information content (AvgIpc) is 2.67. The van der Waals surface area contributed by atoms with E-state index in [0.717, 1.165) is 9.87 Å². The first-order valence-corrected chi connectivity index (χ1v) is 10.2. The van der Waals surface area contributed by atoms with Gasteiger partial charge in [-0.25, -0.2) is 8.42 Å². The third-order valence-corrected chi connectivity index (χ3v) is 6.22. The lowest BCUT2D eigenvalue weighted by Crippen LogP contribution is -2.39. The molecule has 1 amide bonds. The van der Waals surface area contributed by atoms with E-state index in [1.54, 1.807) is 26.2 Å². The summed E-state index contributed by atoms with van der Waals surface area (Å²) in [4.78, 5) is 12.5. The number of nitrogens with zero attached hydrogens (tertiary/aromatic N) is 1. The summed E-state index contributed by atoms with van der Waals surface area (Å²) >= 11 is 0. The fourth-order valence-corrected chi connectivity index (χ4v) is 4.08. The molecule has 0 unspecified atom stereocenters. The van der Waals surface area contributed by atoms with Crippen LogP contribution in [0.2, 0.25) is 0 Å². The molecular formula is C20H26N2O5S. The lowest BCUT2D eigenvalue weighted by molar-refractivity contribution is -0.121. The van der Waals surface area contributed by atoms with Gasteiger partial charge in [-0.3, -0.25) is 4.79 Å². The van der Waals surface area contributed by atoms with Crippen LogP contribution in [0.15, 0.2) is 47.4 Å². The second kappa shape index (κ2) is 9.07. The van der Waals surface area contributed by atoms with Crippen LogP contribution in [0.1, 0.15) is 24.1 Å². The van der Waals surface area contributed by atoms with Crippen LogP contribution in [-0.4, -0.2) is 46.4 Å². The van der Waals surface area contributed by atoms with E-state index < -0.39 is 15.9 Å². The lowest BCUT2D eigenvalue weighted by atomic mass is 10.1. The molecule has 0 heterocycles. The number of ether oxygens (including phenoxy) is 2. The fourth-order valence-electron chi connectivity index (χ4n) is 2.87. The van der Waals surface area contributed by atoms with Crippen LogP contribution < -0.4 is 14.8 Å². The molecule has 0 aliphatic rings. The second-order valence-corrected chi connectivity index (χ2v) is 8.47. The molecule has 0 aromatic heterocycles. The van der Waals surface area contributed by atoms with Gasteiger partial charge in [-0.2, -0.15) is 4.31 Å². The van der Waals surface area contributed by atoms with Crippen molar-refractivity contribution in [1.82, 2.24) is 9.62 Å². The molecular weight excluding hydrogens is 380 g/mol. The third kappa shape index (κ3) is 4.82. The van der Waals surface area contributed by atoms with Gasteiger partial charge < -0.3 is 14.8 Å². The molecule has 0 aliphatic carbocycles. The highest BCUT2D eigenvalue weighted by Crippen LogP contribution is 2.25. The lowest BCUT2D eigenvalue weighted by Gasteiger charge is -2.21. The van der Waals surface area contributed by atoms with Gasteiger partial charge in [-0.05, 0) is 43.7 Å². The molecule has 28 heavy (non-hydrogen) atoms. The first kappa shape index (κ1) is 21.7.